The molecule has 1 saturated heterocycles. The number of nitrogens with zero attached hydrogens (tertiary/aromatic N) is 2. The number of hydrogen-bond acceptors (Lipinski definition) is 4. The zero-order valence-electron chi connectivity index (χ0n) is 16.9. The minimum atomic E-state index is -0.0757. The molecule has 0 saturated carbocycles. The number of likely N-dealkylation sites (tertiary alicyclic amines) is 1. The molecule has 0 aromatic heterocycles. The number of hydrogen-bond donors (Lipinski definition) is 1. The summed E-state index contributed by atoms with van der Waals surface area (Å²) < 4.78 is 10.3. The van der Waals surface area contributed by atoms with Gasteiger partial charge < -0.3 is 19.7 Å². The van der Waals surface area contributed by atoms with Crippen molar-refractivity contribution in [3.8, 4) is 5.75 Å². The van der Waals surface area contributed by atoms with Crippen molar-refractivity contribution in [3.63, 3.8) is 0 Å². The Balaban J connectivity index is 0.00000392. The molecule has 1 aromatic rings. The minimum Gasteiger partial charge on any atom is -0.497 e. The van der Waals surface area contributed by atoms with E-state index in [1.807, 2.05) is 25.1 Å². The van der Waals surface area contributed by atoms with Gasteiger partial charge >= 0.3 is 5.97 Å². The highest BCUT2D eigenvalue weighted by atomic mass is 127. The van der Waals surface area contributed by atoms with Gasteiger partial charge in [-0.1, -0.05) is 17.7 Å². The van der Waals surface area contributed by atoms with Crippen molar-refractivity contribution in [1.29, 1.82) is 0 Å². The zero-order valence-corrected chi connectivity index (χ0v) is 20.0. The van der Waals surface area contributed by atoms with Crippen LogP contribution in [0, 0.1) is 5.92 Å². The van der Waals surface area contributed by atoms with Gasteiger partial charge in [0.15, 0.2) is 5.96 Å². The lowest BCUT2D eigenvalue weighted by molar-refractivity contribution is -0.149. The van der Waals surface area contributed by atoms with E-state index in [0.717, 1.165) is 56.2 Å². The fraction of sp³-hybridized carbons (Fsp3) is 0.600. The summed E-state index contributed by atoms with van der Waals surface area (Å²) in [6, 6.07) is 5.72. The number of carbonyl (C=O) groups is 1. The number of guanidine groups is 1. The molecule has 158 valence electrons. The fourth-order valence-electron chi connectivity index (χ4n) is 3.15. The number of esters is 1. The van der Waals surface area contributed by atoms with Crippen LogP contribution in [0.3, 0.4) is 0 Å². The van der Waals surface area contributed by atoms with Gasteiger partial charge in [-0.2, -0.15) is 0 Å². The third-order valence-electron chi connectivity index (χ3n) is 4.65. The monoisotopic (exact) mass is 523 g/mol. The van der Waals surface area contributed by atoms with Crippen molar-refractivity contribution in [2.24, 2.45) is 10.9 Å². The molecule has 1 N–H and O–H groups in total. The quantitative estimate of drug-likeness (QED) is 0.255. The molecule has 2 rings (SSSR count). The van der Waals surface area contributed by atoms with Crippen molar-refractivity contribution in [2.45, 2.75) is 33.1 Å². The summed E-state index contributed by atoms with van der Waals surface area (Å²) in [5.74, 6) is 1.57. The molecule has 0 amide bonds. The Kier molecular flexibility index (Phi) is 11.6. The molecule has 1 heterocycles. The van der Waals surface area contributed by atoms with E-state index in [0.29, 0.717) is 18.2 Å². The number of aliphatic imine (C=N–C) groups is 1. The summed E-state index contributed by atoms with van der Waals surface area (Å²) in [5.41, 5.74) is 1.05. The van der Waals surface area contributed by atoms with Crippen molar-refractivity contribution in [3.05, 3.63) is 28.8 Å². The number of benzene rings is 1. The Morgan fingerprint density at radius 3 is 2.61 bits per heavy atom. The van der Waals surface area contributed by atoms with Crippen LogP contribution < -0.4 is 10.1 Å². The lowest BCUT2D eigenvalue weighted by atomic mass is 9.97. The van der Waals surface area contributed by atoms with Crippen molar-refractivity contribution >= 4 is 47.5 Å². The predicted octanol–water partition coefficient (Wildman–Crippen LogP) is 3.75. The first kappa shape index (κ1) is 24.8. The van der Waals surface area contributed by atoms with Crippen molar-refractivity contribution in [1.82, 2.24) is 10.2 Å². The third kappa shape index (κ3) is 7.31. The molecule has 0 aliphatic carbocycles. The van der Waals surface area contributed by atoms with E-state index in [2.05, 4.69) is 17.1 Å². The molecule has 1 aliphatic rings. The van der Waals surface area contributed by atoms with Gasteiger partial charge in [0.1, 0.15) is 5.75 Å². The van der Waals surface area contributed by atoms with E-state index in [-0.39, 0.29) is 35.9 Å². The zero-order chi connectivity index (χ0) is 19.6. The normalized spacial score (nSPS) is 15.0. The van der Waals surface area contributed by atoms with Crippen LogP contribution in [0.1, 0.15) is 32.3 Å². The molecule has 0 bridgehead atoms. The lowest BCUT2D eigenvalue weighted by Gasteiger charge is -2.33. The molecular weight excluding hydrogens is 493 g/mol. The number of ether oxygens (including phenoxy) is 2. The van der Waals surface area contributed by atoms with Crippen LogP contribution in [0.4, 0.5) is 0 Å². The average Bonchev–Trinajstić information content (AvgIpc) is 2.68. The standard InChI is InChI=1S/C20H30ClN3O3.HI/c1-4-22-20(24-12-9-16(10-13-24)19(25)27-5-2)23-11-8-15-6-7-17(26-3)14-18(15)21;/h6-7,14,16H,4-5,8-13H2,1-3H3,(H,22,23);1H. The Morgan fingerprint density at radius 2 is 2.04 bits per heavy atom. The number of rotatable bonds is 7. The number of methoxy groups -OCH3 is 1. The van der Waals surface area contributed by atoms with Crippen molar-refractivity contribution in [2.75, 3.05) is 39.9 Å². The van der Waals surface area contributed by atoms with Crippen LogP contribution >= 0.6 is 35.6 Å². The van der Waals surface area contributed by atoms with E-state index >= 15 is 0 Å². The van der Waals surface area contributed by atoms with Gasteiger partial charge in [0, 0.05) is 31.2 Å². The summed E-state index contributed by atoms with van der Waals surface area (Å²) in [7, 11) is 1.63. The van der Waals surface area contributed by atoms with E-state index in [9.17, 15) is 4.79 Å². The van der Waals surface area contributed by atoms with E-state index in [1.54, 1.807) is 7.11 Å². The molecule has 0 unspecified atom stereocenters. The first-order valence-electron chi connectivity index (χ1n) is 9.61. The van der Waals surface area contributed by atoms with Gasteiger partial charge in [0.05, 0.1) is 19.6 Å². The highest BCUT2D eigenvalue weighted by Gasteiger charge is 2.27. The molecule has 1 aromatic carbocycles. The molecule has 6 nitrogen and oxygen atoms in total. The highest BCUT2D eigenvalue weighted by Crippen LogP contribution is 2.23. The van der Waals surface area contributed by atoms with Crippen LogP contribution in [0.15, 0.2) is 23.2 Å². The maximum absolute atomic E-state index is 11.9. The number of carbonyl (C=O) groups excluding carboxylic acids is 1. The predicted molar refractivity (Wildman–Crippen MR) is 124 cm³/mol. The first-order chi connectivity index (χ1) is 13.1. The molecule has 0 spiro atoms. The van der Waals surface area contributed by atoms with Crippen molar-refractivity contribution < 1.29 is 14.3 Å². The highest BCUT2D eigenvalue weighted by molar-refractivity contribution is 14.0. The molecule has 1 aliphatic heterocycles. The Bertz CT molecular complexity index is 650. The summed E-state index contributed by atoms with van der Waals surface area (Å²) in [5, 5.41) is 4.05. The largest absolute Gasteiger partial charge is 0.497 e. The van der Waals surface area contributed by atoms with E-state index in [4.69, 9.17) is 26.1 Å². The first-order valence-corrected chi connectivity index (χ1v) is 9.99. The lowest BCUT2D eigenvalue weighted by Crippen LogP contribution is -2.46. The molecule has 8 heteroatoms. The topological polar surface area (TPSA) is 63.2 Å². The third-order valence-corrected chi connectivity index (χ3v) is 5.00. The average molecular weight is 524 g/mol. The van der Waals surface area contributed by atoms with Gasteiger partial charge in [0.25, 0.3) is 0 Å². The summed E-state index contributed by atoms with van der Waals surface area (Å²) in [6.45, 7) is 7.40. The number of piperidine rings is 1. The summed E-state index contributed by atoms with van der Waals surface area (Å²) >= 11 is 6.31. The van der Waals surface area contributed by atoms with Gasteiger partial charge in [-0.15, -0.1) is 24.0 Å². The van der Waals surface area contributed by atoms with E-state index in [1.165, 1.54) is 0 Å². The van der Waals surface area contributed by atoms with Crippen LogP contribution in [0.5, 0.6) is 5.75 Å². The second-order valence-corrected chi connectivity index (χ2v) is 6.86. The Hall–Kier alpha value is -1.22. The fourth-order valence-corrected chi connectivity index (χ4v) is 3.42. The molecule has 1 fully saturated rings. The second kappa shape index (κ2) is 13.1. The summed E-state index contributed by atoms with van der Waals surface area (Å²) in [6.07, 6.45) is 2.36. The van der Waals surface area contributed by atoms with Crippen LogP contribution in [-0.2, 0) is 16.0 Å². The summed E-state index contributed by atoms with van der Waals surface area (Å²) in [4.78, 5) is 18.9. The Labute approximate surface area is 190 Å². The number of nitrogens with one attached hydrogen (secondary N) is 1. The maximum atomic E-state index is 11.9. The van der Waals surface area contributed by atoms with E-state index < -0.39 is 0 Å². The molecule has 0 atom stereocenters. The second-order valence-electron chi connectivity index (χ2n) is 6.46. The maximum Gasteiger partial charge on any atom is 0.309 e. The van der Waals surface area contributed by atoms with Gasteiger partial charge in [-0.3, -0.25) is 9.79 Å². The van der Waals surface area contributed by atoms with Gasteiger partial charge in [0.2, 0.25) is 0 Å². The molecule has 0 radical (unpaired) electrons. The van der Waals surface area contributed by atoms with Crippen LogP contribution in [0.25, 0.3) is 0 Å². The van der Waals surface area contributed by atoms with Gasteiger partial charge in [-0.25, -0.2) is 0 Å². The number of halogens is 2. The van der Waals surface area contributed by atoms with Crippen LogP contribution in [-0.4, -0.2) is 56.7 Å². The minimum absolute atomic E-state index is 0. The molecule has 28 heavy (non-hydrogen) atoms. The SMILES string of the molecule is CCNC(=NCCc1ccc(OC)cc1Cl)N1CCC(C(=O)OCC)CC1.I. The van der Waals surface area contributed by atoms with Crippen LogP contribution in [0.2, 0.25) is 5.02 Å². The van der Waals surface area contributed by atoms with Gasteiger partial charge in [-0.05, 0) is 50.8 Å². The smallest absolute Gasteiger partial charge is 0.309 e. The Morgan fingerprint density at radius 1 is 1.32 bits per heavy atom. The molecular formula is C20H31ClIN3O3.